The molecule has 0 aliphatic rings. The zero-order valence-corrected chi connectivity index (χ0v) is 12.7. The van der Waals surface area contributed by atoms with Crippen LogP contribution >= 0.6 is 0 Å². The second kappa shape index (κ2) is 5.69. The average molecular weight is 321 g/mol. The van der Waals surface area contributed by atoms with Gasteiger partial charge in [-0.1, -0.05) is 12.1 Å². The minimum atomic E-state index is -0.265. The van der Waals surface area contributed by atoms with E-state index in [1.807, 2.05) is 24.3 Å². The Labute approximate surface area is 136 Å². The van der Waals surface area contributed by atoms with E-state index in [2.05, 4.69) is 25.3 Å². The number of para-hydroxylation sites is 2. The third-order valence-corrected chi connectivity index (χ3v) is 3.83. The van der Waals surface area contributed by atoms with Gasteiger partial charge in [0, 0.05) is 18.5 Å². The van der Waals surface area contributed by atoms with E-state index in [0.29, 0.717) is 29.6 Å². The molecule has 120 valence electrons. The van der Waals surface area contributed by atoms with Crippen molar-refractivity contribution in [3.05, 3.63) is 58.8 Å². The Bertz CT molecular complexity index is 1060. The summed E-state index contributed by atoms with van der Waals surface area (Å²) < 4.78 is 0. The van der Waals surface area contributed by atoms with Crippen LogP contribution in [-0.4, -0.2) is 25.8 Å². The summed E-state index contributed by atoms with van der Waals surface area (Å²) in [5.74, 6) is 0.685. The molecule has 4 N–H and O–H groups in total. The molecule has 0 fully saturated rings. The number of hydrogen-bond donors (Lipinski definition) is 4. The maximum atomic E-state index is 12.1. The molecule has 2 aromatic carbocycles. The van der Waals surface area contributed by atoms with E-state index in [-0.39, 0.29) is 11.6 Å². The number of rotatable bonds is 4. The van der Waals surface area contributed by atoms with Crippen molar-refractivity contribution in [1.29, 1.82) is 0 Å². The number of fused-ring (bicyclic) bond motifs is 2. The first kappa shape index (κ1) is 14.3. The Morgan fingerprint density at radius 1 is 1.00 bits per heavy atom. The number of aromatic nitrogens is 4. The van der Waals surface area contributed by atoms with Crippen LogP contribution in [0.3, 0.4) is 0 Å². The maximum Gasteiger partial charge on any atom is 0.323 e. The molecule has 2 heterocycles. The number of anilines is 1. The number of H-pyrrole nitrogens is 3. The SMILES string of the molecule is O=C(CCc1nc2ccccc2[nH]1)Nc1ccc2[nH]c(=O)[nH]c2c1. The summed E-state index contributed by atoms with van der Waals surface area (Å²) in [6, 6.07) is 13.0. The van der Waals surface area contributed by atoms with Crippen LogP contribution in [0.15, 0.2) is 47.3 Å². The summed E-state index contributed by atoms with van der Waals surface area (Å²) in [5, 5.41) is 2.83. The van der Waals surface area contributed by atoms with Gasteiger partial charge in [0.25, 0.3) is 0 Å². The highest BCUT2D eigenvalue weighted by atomic mass is 16.1. The highest BCUT2D eigenvalue weighted by Crippen LogP contribution is 2.15. The van der Waals surface area contributed by atoms with Gasteiger partial charge in [0.15, 0.2) is 0 Å². The molecule has 0 spiro atoms. The Kier molecular flexibility index (Phi) is 3.38. The molecule has 7 heteroatoms. The van der Waals surface area contributed by atoms with Crippen molar-refractivity contribution in [1.82, 2.24) is 19.9 Å². The Morgan fingerprint density at radius 2 is 1.83 bits per heavy atom. The third kappa shape index (κ3) is 2.79. The molecule has 4 rings (SSSR count). The van der Waals surface area contributed by atoms with Crippen molar-refractivity contribution in [2.45, 2.75) is 12.8 Å². The molecule has 0 saturated carbocycles. The van der Waals surface area contributed by atoms with Gasteiger partial charge in [0.1, 0.15) is 5.82 Å². The normalized spacial score (nSPS) is 11.2. The maximum absolute atomic E-state index is 12.1. The molecule has 0 atom stereocenters. The van der Waals surface area contributed by atoms with E-state index < -0.39 is 0 Å². The average Bonchev–Trinajstić information content (AvgIpc) is 3.14. The van der Waals surface area contributed by atoms with E-state index in [0.717, 1.165) is 16.9 Å². The van der Waals surface area contributed by atoms with Gasteiger partial charge in [0.2, 0.25) is 5.91 Å². The van der Waals surface area contributed by atoms with E-state index in [4.69, 9.17) is 0 Å². The highest BCUT2D eigenvalue weighted by Gasteiger charge is 2.07. The van der Waals surface area contributed by atoms with Gasteiger partial charge in [0.05, 0.1) is 22.1 Å². The smallest absolute Gasteiger partial charge is 0.323 e. The van der Waals surface area contributed by atoms with Crippen molar-refractivity contribution in [3.8, 4) is 0 Å². The van der Waals surface area contributed by atoms with Crippen molar-refractivity contribution in [2.75, 3.05) is 5.32 Å². The number of nitrogens with one attached hydrogen (secondary N) is 4. The van der Waals surface area contributed by atoms with Crippen LogP contribution in [0.5, 0.6) is 0 Å². The fourth-order valence-electron chi connectivity index (χ4n) is 2.69. The Balaban J connectivity index is 1.42. The van der Waals surface area contributed by atoms with Gasteiger partial charge >= 0.3 is 5.69 Å². The summed E-state index contributed by atoms with van der Waals surface area (Å²) in [6.07, 6.45) is 0.852. The largest absolute Gasteiger partial charge is 0.342 e. The van der Waals surface area contributed by atoms with E-state index >= 15 is 0 Å². The van der Waals surface area contributed by atoms with E-state index in [1.54, 1.807) is 18.2 Å². The van der Waals surface area contributed by atoms with Crippen LogP contribution in [0.1, 0.15) is 12.2 Å². The van der Waals surface area contributed by atoms with Crippen LogP contribution in [0.2, 0.25) is 0 Å². The molecule has 7 nitrogen and oxygen atoms in total. The highest BCUT2D eigenvalue weighted by molar-refractivity contribution is 5.93. The molecular formula is C17H15N5O2. The lowest BCUT2D eigenvalue weighted by Gasteiger charge is -2.04. The first-order valence-electron chi connectivity index (χ1n) is 7.63. The van der Waals surface area contributed by atoms with Crippen LogP contribution in [-0.2, 0) is 11.2 Å². The summed E-state index contributed by atoms with van der Waals surface area (Å²) in [7, 11) is 0. The first-order chi connectivity index (χ1) is 11.7. The van der Waals surface area contributed by atoms with Gasteiger partial charge in [-0.25, -0.2) is 9.78 Å². The van der Waals surface area contributed by atoms with Gasteiger partial charge < -0.3 is 20.3 Å². The molecule has 0 aliphatic heterocycles. The number of nitrogens with zero attached hydrogens (tertiary/aromatic N) is 1. The molecule has 0 bridgehead atoms. The van der Waals surface area contributed by atoms with Crippen molar-refractivity contribution in [2.24, 2.45) is 0 Å². The summed E-state index contributed by atoms with van der Waals surface area (Å²) in [5.41, 5.74) is 3.62. The molecule has 0 radical (unpaired) electrons. The lowest BCUT2D eigenvalue weighted by Crippen LogP contribution is -2.12. The predicted molar refractivity (Wildman–Crippen MR) is 92.0 cm³/mol. The lowest BCUT2D eigenvalue weighted by molar-refractivity contribution is -0.116. The predicted octanol–water partition coefficient (Wildman–Crippen LogP) is 2.30. The second-order valence-corrected chi connectivity index (χ2v) is 5.59. The Hall–Kier alpha value is -3.35. The zero-order valence-electron chi connectivity index (χ0n) is 12.7. The van der Waals surface area contributed by atoms with Crippen LogP contribution < -0.4 is 11.0 Å². The number of aryl methyl sites for hydroxylation is 1. The number of amides is 1. The standard InChI is InChI=1S/C17H15N5O2/c23-16(8-7-15-19-11-3-1-2-4-12(11)20-15)18-10-5-6-13-14(9-10)22-17(24)21-13/h1-6,9H,7-8H2,(H,18,23)(H,19,20)(H2,21,22,24). The van der Waals surface area contributed by atoms with Crippen LogP contribution in [0, 0.1) is 0 Å². The monoisotopic (exact) mass is 321 g/mol. The van der Waals surface area contributed by atoms with Crippen molar-refractivity contribution >= 4 is 33.7 Å². The minimum Gasteiger partial charge on any atom is -0.342 e. The molecule has 1 amide bonds. The molecule has 0 aliphatic carbocycles. The number of aromatic amines is 3. The Morgan fingerprint density at radius 3 is 2.71 bits per heavy atom. The molecule has 4 aromatic rings. The summed E-state index contributed by atoms with van der Waals surface area (Å²) in [6.45, 7) is 0. The topological polar surface area (TPSA) is 106 Å². The fraction of sp³-hybridized carbons (Fsp3) is 0.118. The van der Waals surface area contributed by atoms with Crippen LogP contribution in [0.25, 0.3) is 22.1 Å². The van der Waals surface area contributed by atoms with Gasteiger partial charge in [-0.2, -0.15) is 0 Å². The van der Waals surface area contributed by atoms with Crippen molar-refractivity contribution in [3.63, 3.8) is 0 Å². The van der Waals surface area contributed by atoms with E-state index in [1.165, 1.54) is 0 Å². The molecule has 0 saturated heterocycles. The van der Waals surface area contributed by atoms with Gasteiger partial charge in [-0.15, -0.1) is 0 Å². The summed E-state index contributed by atoms with van der Waals surface area (Å²) >= 11 is 0. The molecule has 2 aromatic heterocycles. The second-order valence-electron chi connectivity index (χ2n) is 5.59. The molecule has 24 heavy (non-hydrogen) atoms. The number of imidazole rings is 2. The molecular weight excluding hydrogens is 306 g/mol. The minimum absolute atomic E-state index is 0.104. The lowest BCUT2D eigenvalue weighted by atomic mass is 10.2. The summed E-state index contributed by atoms with van der Waals surface area (Å²) in [4.78, 5) is 36.3. The number of carbonyl (C=O) groups excluding carboxylic acids is 1. The number of hydrogen-bond acceptors (Lipinski definition) is 3. The van der Waals surface area contributed by atoms with Gasteiger partial charge in [-0.05, 0) is 30.3 Å². The quantitative estimate of drug-likeness (QED) is 0.463. The van der Waals surface area contributed by atoms with E-state index in [9.17, 15) is 9.59 Å². The number of carbonyl (C=O) groups is 1. The zero-order chi connectivity index (χ0) is 16.5. The number of benzene rings is 2. The fourth-order valence-corrected chi connectivity index (χ4v) is 2.69. The molecule has 0 unspecified atom stereocenters. The van der Waals surface area contributed by atoms with Crippen molar-refractivity contribution < 1.29 is 4.79 Å². The first-order valence-corrected chi connectivity index (χ1v) is 7.63. The van der Waals surface area contributed by atoms with Crippen LogP contribution in [0.4, 0.5) is 5.69 Å². The third-order valence-electron chi connectivity index (χ3n) is 3.83. The van der Waals surface area contributed by atoms with Gasteiger partial charge in [-0.3, -0.25) is 4.79 Å².